The average Bonchev–Trinajstić information content (AvgIpc) is 3.26. The number of hydrogen-bond donors (Lipinski definition) is 1. The van der Waals surface area contributed by atoms with Gasteiger partial charge >= 0.3 is 0 Å². The Bertz CT molecular complexity index is 666. The first-order valence-corrected chi connectivity index (χ1v) is 8.50. The lowest BCUT2D eigenvalue weighted by Crippen LogP contribution is -2.39. The monoisotopic (exact) mass is 362 g/mol. The smallest absolute Gasteiger partial charge is 0.143 e. The molecule has 1 fully saturated rings. The first-order valence-electron chi connectivity index (χ1n) is 8.50. The third kappa shape index (κ3) is 4.66. The molecule has 1 saturated heterocycles. The Labute approximate surface area is 155 Å². The van der Waals surface area contributed by atoms with Crippen molar-refractivity contribution in [2.75, 3.05) is 26.2 Å². The van der Waals surface area contributed by atoms with E-state index in [9.17, 15) is 0 Å². The van der Waals surface area contributed by atoms with Crippen molar-refractivity contribution in [3.8, 4) is 5.69 Å². The van der Waals surface area contributed by atoms with Crippen LogP contribution in [0, 0.1) is 5.41 Å². The molecule has 0 amide bonds. The molecular weight excluding hydrogens is 336 g/mol. The highest BCUT2D eigenvalue weighted by Crippen LogP contribution is 2.30. The summed E-state index contributed by atoms with van der Waals surface area (Å²) < 4.78 is 1.69. The summed E-state index contributed by atoms with van der Waals surface area (Å²) in [6.45, 7) is 12.7. The fourth-order valence-electron chi connectivity index (χ4n) is 3.44. The number of nitrogens with one attached hydrogen (secondary N) is 1. The van der Waals surface area contributed by atoms with E-state index in [1.54, 1.807) is 11.0 Å². The second-order valence-corrected chi connectivity index (χ2v) is 6.98. The van der Waals surface area contributed by atoms with Gasteiger partial charge in [0.25, 0.3) is 0 Å². The summed E-state index contributed by atoms with van der Waals surface area (Å²) in [5, 5.41) is 14.9. The highest BCUT2D eigenvalue weighted by Gasteiger charge is 2.32. The molecule has 2 heterocycles. The molecular formula is C18H27ClN6. The van der Waals surface area contributed by atoms with Crippen molar-refractivity contribution in [2.45, 2.75) is 26.3 Å². The van der Waals surface area contributed by atoms with Crippen LogP contribution in [0.3, 0.4) is 0 Å². The van der Waals surface area contributed by atoms with Gasteiger partial charge in [-0.25, -0.2) is 4.68 Å². The third-order valence-corrected chi connectivity index (χ3v) is 4.92. The summed E-state index contributed by atoms with van der Waals surface area (Å²) in [4.78, 5) is 2.50. The summed E-state index contributed by atoms with van der Waals surface area (Å²) in [5.74, 6) is 0. The molecule has 1 N–H and O–H groups in total. The number of nitrogens with zero attached hydrogens (tertiary/aromatic N) is 5. The first-order chi connectivity index (χ1) is 11.6. The molecule has 136 valence electrons. The van der Waals surface area contributed by atoms with Crippen LogP contribution in [-0.2, 0) is 0 Å². The van der Waals surface area contributed by atoms with Crippen LogP contribution in [0.1, 0.15) is 31.9 Å². The quantitative estimate of drug-likeness (QED) is 0.767. The number of halogens is 1. The summed E-state index contributed by atoms with van der Waals surface area (Å²) >= 11 is 0. The maximum Gasteiger partial charge on any atom is 0.143 e. The third-order valence-electron chi connectivity index (χ3n) is 4.92. The maximum atomic E-state index is 3.98. The van der Waals surface area contributed by atoms with Crippen LogP contribution >= 0.6 is 12.4 Å². The molecule has 1 aliphatic heterocycles. The summed E-state index contributed by atoms with van der Waals surface area (Å²) in [7, 11) is 0. The fraction of sp³-hybridized carbons (Fsp3) is 0.500. The van der Waals surface area contributed by atoms with Gasteiger partial charge < -0.3 is 5.32 Å². The lowest BCUT2D eigenvalue weighted by atomic mass is 9.88. The van der Waals surface area contributed by atoms with Crippen molar-refractivity contribution in [2.24, 2.45) is 5.41 Å². The second-order valence-electron chi connectivity index (χ2n) is 6.98. The van der Waals surface area contributed by atoms with Gasteiger partial charge in [-0.1, -0.05) is 25.1 Å². The first kappa shape index (κ1) is 19.6. The van der Waals surface area contributed by atoms with Crippen LogP contribution in [0.5, 0.6) is 0 Å². The number of rotatable bonds is 7. The molecule has 1 aromatic carbocycles. The van der Waals surface area contributed by atoms with Gasteiger partial charge in [0.05, 0.1) is 5.69 Å². The number of aromatic nitrogens is 4. The van der Waals surface area contributed by atoms with Crippen molar-refractivity contribution in [3.05, 3.63) is 48.8 Å². The molecule has 1 aromatic heterocycles. The maximum absolute atomic E-state index is 3.98. The Kier molecular flexibility index (Phi) is 6.70. The van der Waals surface area contributed by atoms with E-state index >= 15 is 0 Å². The van der Waals surface area contributed by atoms with Crippen LogP contribution in [0.2, 0.25) is 0 Å². The van der Waals surface area contributed by atoms with Crippen LogP contribution < -0.4 is 5.32 Å². The van der Waals surface area contributed by atoms with Gasteiger partial charge in [-0.15, -0.1) is 24.1 Å². The minimum atomic E-state index is 0. The zero-order valence-corrected chi connectivity index (χ0v) is 15.7. The molecule has 3 rings (SSSR count). The van der Waals surface area contributed by atoms with E-state index in [0.29, 0.717) is 11.5 Å². The van der Waals surface area contributed by atoms with E-state index in [2.05, 4.69) is 64.4 Å². The molecule has 0 radical (unpaired) electrons. The minimum Gasteiger partial charge on any atom is -0.316 e. The SMILES string of the molecule is C=CCN(CC1(C)CCNC1)C(C)c1cccc(-n2cnnn2)c1.Cl. The largest absolute Gasteiger partial charge is 0.316 e. The molecule has 2 aromatic rings. The molecule has 7 heteroatoms. The van der Waals surface area contributed by atoms with Gasteiger partial charge in [0.1, 0.15) is 6.33 Å². The van der Waals surface area contributed by atoms with Gasteiger partial charge in [0.15, 0.2) is 0 Å². The normalized spacial score (nSPS) is 21.1. The molecule has 0 spiro atoms. The Morgan fingerprint density at radius 3 is 2.96 bits per heavy atom. The number of hydrogen-bond acceptors (Lipinski definition) is 5. The van der Waals surface area contributed by atoms with E-state index in [4.69, 9.17) is 0 Å². The summed E-state index contributed by atoms with van der Waals surface area (Å²) in [6, 6.07) is 8.72. The number of benzene rings is 1. The molecule has 0 saturated carbocycles. The van der Waals surface area contributed by atoms with Crippen molar-refractivity contribution >= 4 is 12.4 Å². The highest BCUT2D eigenvalue weighted by atomic mass is 35.5. The van der Waals surface area contributed by atoms with E-state index in [0.717, 1.165) is 31.9 Å². The predicted octanol–water partition coefficient (Wildman–Crippen LogP) is 2.63. The Morgan fingerprint density at radius 2 is 2.32 bits per heavy atom. The van der Waals surface area contributed by atoms with E-state index in [1.165, 1.54) is 12.0 Å². The predicted molar refractivity (Wildman–Crippen MR) is 102 cm³/mol. The van der Waals surface area contributed by atoms with Crippen molar-refractivity contribution in [1.82, 2.24) is 30.4 Å². The van der Waals surface area contributed by atoms with E-state index in [-0.39, 0.29) is 12.4 Å². The second kappa shape index (κ2) is 8.56. The van der Waals surface area contributed by atoms with E-state index < -0.39 is 0 Å². The summed E-state index contributed by atoms with van der Waals surface area (Å²) in [6.07, 6.45) is 4.84. The van der Waals surface area contributed by atoms with Gasteiger partial charge in [-0.3, -0.25) is 4.90 Å². The molecule has 25 heavy (non-hydrogen) atoms. The van der Waals surface area contributed by atoms with Crippen LogP contribution in [0.25, 0.3) is 5.69 Å². The molecule has 2 atom stereocenters. The van der Waals surface area contributed by atoms with Gasteiger partial charge in [-0.05, 0) is 53.4 Å². The van der Waals surface area contributed by atoms with Gasteiger partial charge in [-0.2, -0.15) is 0 Å². The van der Waals surface area contributed by atoms with Gasteiger partial charge in [0, 0.05) is 25.7 Å². The lowest BCUT2D eigenvalue weighted by Gasteiger charge is -2.35. The molecule has 2 unspecified atom stereocenters. The Morgan fingerprint density at radius 1 is 1.48 bits per heavy atom. The molecule has 0 bridgehead atoms. The van der Waals surface area contributed by atoms with Crippen molar-refractivity contribution < 1.29 is 0 Å². The van der Waals surface area contributed by atoms with Crippen molar-refractivity contribution in [3.63, 3.8) is 0 Å². The van der Waals surface area contributed by atoms with Gasteiger partial charge in [0.2, 0.25) is 0 Å². The Hall–Kier alpha value is -1.76. The Balaban J connectivity index is 0.00000225. The average molecular weight is 363 g/mol. The molecule has 6 nitrogen and oxygen atoms in total. The standard InChI is InChI=1S/C18H26N6.ClH/c1-4-10-23(13-18(3)8-9-19-12-18)15(2)16-6-5-7-17(11-16)24-14-20-21-22-24;/h4-7,11,14-15,19H,1,8-10,12-13H2,2-3H3;1H. The summed E-state index contributed by atoms with van der Waals surface area (Å²) in [5.41, 5.74) is 2.57. The van der Waals surface area contributed by atoms with Crippen LogP contribution in [-0.4, -0.2) is 51.3 Å². The van der Waals surface area contributed by atoms with E-state index in [1.807, 2.05) is 12.1 Å². The topological polar surface area (TPSA) is 58.9 Å². The highest BCUT2D eigenvalue weighted by molar-refractivity contribution is 5.85. The minimum absolute atomic E-state index is 0. The fourth-order valence-corrected chi connectivity index (χ4v) is 3.44. The lowest BCUT2D eigenvalue weighted by molar-refractivity contribution is 0.151. The zero-order valence-electron chi connectivity index (χ0n) is 14.9. The zero-order chi connectivity index (χ0) is 17.0. The van der Waals surface area contributed by atoms with Crippen LogP contribution in [0.15, 0.2) is 43.2 Å². The molecule has 0 aliphatic carbocycles. The number of tetrazole rings is 1. The van der Waals surface area contributed by atoms with Crippen molar-refractivity contribution in [1.29, 1.82) is 0 Å². The molecule has 1 aliphatic rings. The van der Waals surface area contributed by atoms with Crippen LogP contribution in [0.4, 0.5) is 0 Å².